The summed E-state index contributed by atoms with van der Waals surface area (Å²) in [6.45, 7) is 1.19. The molecule has 1 atom stereocenters. The molecule has 8 heteroatoms. The van der Waals surface area contributed by atoms with Crippen LogP contribution in [0, 0.1) is 0 Å². The van der Waals surface area contributed by atoms with Gasteiger partial charge in [-0.1, -0.05) is 11.6 Å². The molecule has 1 fully saturated rings. The molecule has 116 valence electrons. The molecule has 3 rings (SSSR count). The zero-order valence-electron chi connectivity index (χ0n) is 11.9. The highest BCUT2D eigenvalue weighted by Gasteiger charge is 2.29. The summed E-state index contributed by atoms with van der Waals surface area (Å²) in [7, 11) is 1.53. The molecule has 0 radical (unpaired) electrons. The molecule has 0 N–H and O–H groups in total. The average molecular weight is 340 g/mol. The topological polar surface area (TPSA) is 64.6 Å². The lowest BCUT2D eigenvalue weighted by molar-refractivity contribution is 0.0775. The second-order valence-electron chi connectivity index (χ2n) is 4.80. The molecule has 1 saturated heterocycles. The third-order valence-corrected chi connectivity index (χ3v) is 4.55. The van der Waals surface area contributed by atoms with Crippen LogP contribution in [0.15, 0.2) is 24.3 Å². The standard InChI is InChI=1S/C14H14ClN3O3S/c1-20-12-4-5-13(17-16-12)21-9-6-7-18(8-9)14(19)10-2-3-11(15)22-10/h2-5,9H,6-8H2,1H3. The molecule has 0 aliphatic carbocycles. The molecule has 3 heterocycles. The molecule has 0 saturated carbocycles. The maximum absolute atomic E-state index is 12.3. The zero-order valence-corrected chi connectivity index (χ0v) is 13.4. The van der Waals surface area contributed by atoms with Gasteiger partial charge in [0, 0.05) is 25.1 Å². The number of carbonyl (C=O) groups excluding carboxylic acids is 1. The maximum atomic E-state index is 12.3. The van der Waals surface area contributed by atoms with Crippen molar-refractivity contribution in [3.8, 4) is 11.8 Å². The van der Waals surface area contributed by atoms with E-state index in [1.54, 1.807) is 29.2 Å². The zero-order chi connectivity index (χ0) is 15.5. The van der Waals surface area contributed by atoms with E-state index in [9.17, 15) is 4.79 Å². The fourth-order valence-corrected chi connectivity index (χ4v) is 3.26. The van der Waals surface area contributed by atoms with Crippen LogP contribution in [0.3, 0.4) is 0 Å². The molecule has 1 aliphatic heterocycles. The van der Waals surface area contributed by atoms with Gasteiger partial charge in [0.2, 0.25) is 11.8 Å². The normalized spacial score (nSPS) is 17.5. The number of methoxy groups -OCH3 is 1. The van der Waals surface area contributed by atoms with E-state index in [1.165, 1.54) is 18.4 Å². The average Bonchev–Trinajstić information content (AvgIpc) is 3.16. The largest absolute Gasteiger partial charge is 0.480 e. The van der Waals surface area contributed by atoms with Crippen LogP contribution in [0.5, 0.6) is 11.8 Å². The Morgan fingerprint density at radius 1 is 1.32 bits per heavy atom. The fraction of sp³-hybridized carbons (Fsp3) is 0.357. The van der Waals surface area contributed by atoms with Crippen molar-refractivity contribution in [2.45, 2.75) is 12.5 Å². The summed E-state index contributed by atoms with van der Waals surface area (Å²) in [6.07, 6.45) is 0.681. The van der Waals surface area contributed by atoms with Gasteiger partial charge >= 0.3 is 0 Å². The number of nitrogens with zero attached hydrogens (tertiary/aromatic N) is 3. The van der Waals surface area contributed by atoms with Crippen molar-refractivity contribution in [2.24, 2.45) is 0 Å². The Bertz CT molecular complexity index is 662. The van der Waals surface area contributed by atoms with E-state index >= 15 is 0 Å². The summed E-state index contributed by atoms with van der Waals surface area (Å²) in [6, 6.07) is 6.87. The second-order valence-corrected chi connectivity index (χ2v) is 6.51. The first kappa shape index (κ1) is 15.1. The molecule has 1 aliphatic rings. The van der Waals surface area contributed by atoms with Gasteiger partial charge in [-0.25, -0.2) is 0 Å². The summed E-state index contributed by atoms with van der Waals surface area (Å²) >= 11 is 7.16. The Hall–Kier alpha value is -1.86. The van der Waals surface area contributed by atoms with Crippen molar-refractivity contribution in [3.05, 3.63) is 33.5 Å². The summed E-state index contributed by atoms with van der Waals surface area (Å²) in [5.41, 5.74) is 0. The highest BCUT2D eigenvalue weighted by molar-refractivity contribution is 7.17. The number of hydrogen-bond donors (Lipinski definition) is 0. The van der Waals surface area contributed by atoms with Crippen molar-refractivity contribution in [1.29, 1.82) is 0 Å². The molecular weight excluding hydrogens is 326 g/mol. The SMILES string of the molecule is COc1ccc(OC2CCN(C(=O)c3ccc(Cl)s3)C2)nn1. The van der Waals surface area contributed by atoms with Crippen molar-refractivity contribution >= 4 is 28.8 Å². The minimum Gasteiger partial charge on any atom is -0.480 e. The van der Waals surface area contributed by atoms with E-state index < -0.39 is 0 Å². The van der Waals surface area contributed by atoms with Crippen molar-refractivity contribution in [1.82, 2.24) is 15.1 Å². The Morgan fingerprint density at radius 3 is 2.73 bits per heavy atom. The van der Waals surface area contributed by atoms with Gasteiger partial charge in [0.05, 0.1) is 22.9 Å². The molecule has 1 unspecified atom stereocenters. The Kier molecular flexibility index (Phi) is 4.44. The summed E-state index contributed by atoms with van der Waals surface area (Å²) < 4.78 is 11.3. The van der Waals surface area contributed by atoms with E-state index in [-0.39, 0.29) is 12.0 Å². The minimum atomic E-state index is -0.0814. The van der Waals surface area contributed by atoms with Crippen LogP contribution in [0.2, 0.25) is 4.34 Å². The lowest BCUT2D eigenvalue weighted by atomic mass is 10.3. The number of aromatic nitrogens is 2. The van der Waals surface area contributed by atoms with Crippen molar-refractivity contribution in [3.63, 3.8) is 0 Å². The van der Waals surface area contributed by atoms with Crippen LogP contribution < -0.4 is 9.47 Å². The summed E-state index contributed by atoms with van der Waals surface area (Å²) in [5.74, 6) is 0.855. The first-order valence-electron chi connectivity index (χ1n) is 6.74. The first-order valence-corrected chi connectivity index (χ1v) is 7.94. The van der Waals surface area contributed by atoms with Crippen LogP contribution in [-0.2, 0) is 0 Å². The number of rotatable bonds is 4. The second kappa shape index (κ2) is 6.50. The number of hydrogen-bond acceptors (Lipinski definition) is 6. The molecule has 0 spiro atoms. The summed E-state index contributed by atoms with van der Waals surface area (Å²) in [4.78, 5) is 14.7. The van der Waals surface area contributed by atoms with Crippen LogP contribution in [0.1, 0.15) is 16.1 Å². The van der Waals surface area contributed by atoms with Gasteiger partial charge in [-0.2, -0.15) is 0 Å². The molecule has 2 aromatic heterocycles. The first-order chi connectivity index (χ1) is 10.7. The smallest absolute Gasteiger partial charge is 0.264 e. The highest BCUT2D eigenvalue weighted by atomic mass is 35.5. The quantitative estimate of drug-likeness (QED) is 0.856. The fourth-order valence-electron chi connectivity index (χ4n) is 2.24. The minimum absolute atomic E-state index is 0.0104. The molecule has 0 bridgehead atoms. The van der Waals surface area contributed by atoms with Gasteiger partial charge < -0.3 is 14.4 Å². The van der Waals surface area contributed by atoms with E-state index in [1.807, 2.05) is 0 Å². The predicted molar refractivity (Wildman–Crippen MR) is 82.8 cm³/mol. The van der Waals surface area contributed by atoms with Crippen LogP contribution >= 0.6 is 22.9 Å². The number of ether oxygens (including phenoxy) is 2. The lowest BCUT2D eigenvalue weighted by Gasteiger charge is -2.16. The number of halogens is 1. The van der Waals surface area contributed by atoms with Gasteiger partial charge in [-0.15, -0.1) is 21.5 Å². The van der Waals surface area contributed by atoms with Gasteiger partial charge in [-0.3, -0.25) is 4.79 Å². The molecule has 6 nitrogen and oxygen atoms in total. The van der Waals surface area contributed by atoms with Crippen LogP contribution in [0.25, 0.3) is 0 Å². The Morgan fingerprint density at radius 2 is 2.09 bits per heavy atom. The van der Waals surface area contributed by atoms with Gasteiger partial charge in [-0.05, 0) is 12.1 Å². The molecular formula is C14H14ClN3O3S. The summed E-state index contributed by atoms with van der Waals surface area (Å²) in [5, 5.41) is 7.78. The molecule has 1 amide bonds. The monoisotopic (exact) mass is 339 g/mol. The Balaban J connectivity index is 1.58. The van der Waals surface area contributed by atoms with E-state index in [0.29, 0.717) is 34.1 Å². The van der Waals surface area contributed by atoms with Gasteiger partial charge in [0.15, 0.2) is 0 Å². The van der Waals surface area contributed by atoms with E-state index in [4.69, 9.17) is 21.1 Å². The lowest BCUT2D eigenvalue weighted by Crippen LogP contribution is -2.30. The van der Waals surface area contributed by atoms with Crippen LogP contribution in [-0.4, -0.2) is 47.3 Å². The van der Waals surface area contributed by atoms with Gasteiger partial charge in [0.1, 0.15) is 6.10 Å². The van der Waals surface area contributed by atoms with Crippen LogP contribution in [0.4, 0.5) is 0 Å². The van der Waals surface area contributed by atoms with Crippen molar-refractivity contribution in [2.75, 3.05) is 20.2 Å². The Labute approximate surface area is 136 Å². The predicted octanol–water partition coefficient (Wildman–Crippen LogP) is 2.49. The van der Waals surface area contributed by atoms with Gasteiger partial charge in [0.25, 0.3) is 5.91 Å². The third-order valence-electron chi connectivity index (χ3n) is 3.33. The molecule has 22 heavy (non-hydrogen) atoms. The number of amides is 1. The van der Waals surface area contributed by atoms with E-state index in [2.05, 4.69) is 10.2 Å². The maximum Gasteiger partial charge on any atom is 0.264 e. The number of thiophene rings is 1. The number of likely N-dealkylation sites (tertiary alicyclic amines) is 1. The molecule has 0 aromatic carbocycles. The van der Waals surface area contributed by atoms with E-state index in [0.717, 1.165) is 6.42 Å². The van der Waals surface area contributed by atoms with Crippen molar-refractivity contribution < 1.29 is 14.3 Å². The molecule has 2 aromatic rings. The highest BCUT2D eigenvalue weighted by Crippen LogP contribution is 2.25. The third kappa shape index (κ3) is 3.31. The number of carbonyl (C=O) groups is 1.